The van der Waals surface area contributed by atoms with Gasteiger partial charge in [-0.05, 0) is 31.5 Å². The predicted molar refractivity (Wildman–Crippen MR) is 98.7 cm³/mol. The summed E-state index contributed by atoms with van der Waals surface area (Å²) in [5, 5.41) is 6.31. The van der Waals surface area contributed by atoms with Gasteiger partial charge in [-0.25, -0.2) is 0 Å². The molecule has 0 atom stereocenters. The van der Waals surface area contributed by atoms with Crippen molar-refractivity contribution in [2.75, 3.05) is 31.1 Å². The fourth-order valence-corrected chi connectivity index (χ4v) is 3.98. The number of thiocarbonyl (C=S) groups is 1. The molecule has 10 heteroatoms. The largest absolute Gasteiger partial charge is 0.445 e. The lowest BCUT2D eigenvalue weighted by molar-refractivity contribution is -0.138. The summed E-state index contributed by atoms with van der Waals surface area (Å²) in [5.74, 6) is 0. The van der Waals surface area contributed by atoms with Crippen LogP contribution < -0.4 is 4.90 Å². The molecule has 0 aromatic carbocycles. The first-order valence-electron chi connectivity index (χ1n) is 8.10. The zero-order chi connectivity index (χ0) is 18.9. The Labute approximate surface area is 158 Å². The molecule has 1 aliphatic heterocycles. The van der Waals surface area contributed by atoms with Crippen molar-refractivity contribution in [3.8, 4) is 0 Å². The van der Waals surface area contributed by atoms with Crippen molar-refractivity contribution in [3.63, 3.8) is 0 Å². The smallest absolute Gasteiger partial charge is 0.362 e. The second-order valence-corrected chi connectivity index (χ2v) is 7.64. The minimum Gasteiger partial charge on any atom is -0.362 e. The number of pyridine rings is 1. The average Bonchev–Trinajstić information content (AvgIpc) is 3.04. The van der Waals surface area contributed by atoms with Crippen molar-refractivity contribution in [2.24, 2.45) is 0 Å². The zero-order valence-corrected chi connectivity index (χ0v) is 16.0. The summed E-state index contributed by atoms with van der Waals surface area (Å²) >= 11 is 6.12. The Balaban J connectivity index is 1.58. The Morgan fingerprint density at radius 2 is 1.85 bits per heavy atom. The molecule has 5 nitrogen and oxygen atoms in total. The van der Waals surface area contributed by atoms with Crippen LogP contribution in [0.4, 0.5) is 18.3 Å². The molecule has 0 aliphatic carbocycles. The third kappa shape index (κ3) is 4.47. The van der Waals surface area contributed by atoms with Crippen LogP contribution in [-0.2, 0) is 12.6 Å². The van der Waals surface area contributed by atoms with Gasteiger partial charge in [0.1, 0.15) is 0 Å². The van der Waals surface area contributed by atoms with Gasteiger partial charge in [0.25, 0.3) is 0 Å². The van der Waals surface area contributed by atoms with E-state index >= 15 is 0 Å². The first-order chi connectivity index (χ1) is 12.2. The molecule has 2 aromatic rings. The van der Waals surface area contributed by atoms with E-state index in [0.717, 1.165) is 21.9 Å². The maximum Gasteiger partial charge on any atom is 0.445 e. The molecular formula is C16H18F3N5S2. The lowest BCUT2D eigenvalue weighted by Gasteiger charge is -2.35. The highest BCUT2D eigenvalue weighted by atomic mass is 32.1. The van der Waals surface area contributed by atoms with E-state index in [1.54, 1.807) is 0 Å². The van der Waals surface area contributed by atoms with Gasteiger partial charge in [0, 0.05) is 44.0 Å². The number of nitrogens with zero attached hydrogens (tertiary/aromatic N) is 5. The number of halogens is 3. The Bertz CT molecular complexity index is 777. The van der Waals surface area contributed by atoms with E-state index in [-0.39, 0.29) is 0 Å². The molecule has 1 saturated heterocycles. The molecule has 0 amide bonds. The van der Waals surface area contributed by atoms with Gasteiger partial charge in [-0.1, -0.05) is 23.6 Å². The van der Waals surface area contributed by atoms with E-state index in [4.69, 9.17) is 12.2 Å². The van der Waals surface area contributed by atoms with E-state index in [0.29, 0.717) is 49.1 Å². The Morgan fingerprint density at radius 3 is 2.42 bits per heavy atom. The van der Waals surface area contributed by atoms with E-state index < -0.39 is 11.2 Å². The molecular weight excluding hydrogens is 383 g/mol. The van der Waals surface area contributed by atoms with E-state index in [1.165, 1.54) is 0 Å². The van der Waals surface area contributed by atoms with Gasteiger partial charge >= 0.3 is 6.18 Å². The Hall–Kier alpha value is -1.81. The Morgan fingerprint density at radius 1 is 1.15 bits per heavy atom. The van der Waals surface area contributed by atoms with Crippen molar-refractivity contribution in [2.45, 2.75) is 26.4 Å². The minimum absolute atomic E-state index is 0.305. The lowest BCUT2D eigenvalue weighted by atomic mass is 10.1. The normalized spacial score (nSPS) is 15.4. The van der Waals surface area contributed by atoms with Crippen molar-refractivity contribution >= 4 is 33.7 Å². The fraction of sp³-hybridized carbons (Fsp3) is 0.500. The third-order valence-corrected chi connectivity index (χ3v) is 5.47. The first-order valence-corrected chi connectivity index (χ1v) is 9.32. The predicted octanol–water partition coefficient (Wildman–Crippen LogP) is 3.26. The molecule has 26 heavy (non-hydrogen) atoms. The number of anilines is 1. The summed E-state index contributed by atoms with van der Waals surface area (Å²) in [6, 6.07) is 4.04. The molecule has 3 rings (SSSR count). The highest BCUT2D eigenvalue weighted by Crippen LogP contribution is 2.34. The molecule has 0 N–H and O–H groups in total. The monoisotopic (exact) mass is 401 g/mol. The standard InChI is InChI=1S/C16H18F3N5S2/c1-10-7-11(2)20-12(8-10)9-13(25)23-3-5-24(6-4-23)15-22-21-14(26-15)16(17,18)19/h7-8H,3-6,9H2,1-2H3. The van der Waals surface area contributed by atoms with E-state index in [2.05, 4.69) is 20.1 Å². The second kappa shape index (κ2) is 7.43. The molecule has 0 unspecified atom stereocenters. The van der Waals surface area contributed by atoms with Gasteiger partial charge in [0.05, 0.1) is 4.99 Å². The molecule has 2 aromatic heterocycles. The number of aromatic nitrogens is 3. The number of rotatable bonds is 3. The zero-order valence-electron chi connectivity index (χ0n) is 14.4. The highest BCUT2D eigenvalue weighted by Gasteiger charge is 2.36. The fourth-order valence-electron chi connectivity index (χ4n) is 2.89. The van der Waals surface area contributed by atoms with Gasteiger partial charge in [-0.3, -0.25) is 4.98 Å². The van der Waals surface area contributed by atoms with Gasteiger partial charge in [0.15, 0.2) is 0 Å². The van der Waals surface area contributed by atoms with Crippen LogP contribution in [0.25, 0.3) is 0 Å². The van der Waals surface area contributed by atoms with E-state index in [1.807, 2.05) is 30.9 Å². The first kappa shape index (κ1) is 19.0. The van der Waals surface area contributed by atoms with Crippen LogP contribution in [-0.4, -0.2) is 51.2 Å². The maximum atomic E-state index is 12.7. The van der Waals surface area contributed by atoms with Crippen LogP contribution in [0.2, 0.25) is 0 Å². The molecule has 0 bridgehead atoms. The lowest BCUT2D eigenvalue weighted by Crippen LogP contribution is -2.48. The van der Waals surface area contributed by atoms with E-state index in [9.17, 15) is 13.2 Å². The molecule has 1 aliphatic rings. The molecule has 1 fully saturated rings. The SMILES string of the molecule is Cc1cc(C)nc(CC(=S)N2CCN(c3nnc(C(F)(F)F)s3)CC2)c1. The van der Waals surface area contributed by atoms with Gasteiger partial charge in [-0.2, -0.15) is 13.2 Å². The number of hydrogen-bond donors (Lipinski definition) is 0. The molecule has 140 valence electrons. The third-order valence-electron chi connectivity index (χ3n) is 4.04. The van der Waals surface area contributed by atoms with Crippen LogP contribution in [0.5, 0.6) is 0 Å². The molecule has 0 spiro atoms. The van der Waals surface area contributed by atoms with Crippen molar-refractivity contribution < 1.29 is 13.2 Å². The number of hydrogen-bond acceptors (Lipinski definition) is 6. The van der Waals surface area contributed by atoms with Crippen LogP contribution >= 0.6 is 23.6 Å². The van der Waals surface area contributed by atoms with Gasteiger partial charge < -0.3 is 9.80 Å². The summed E-state index contributed by atoms with van der Waals surface area (Å²) in [7, 11) is 0. The topological polar surface area (TPSA) is 45.2 Å². The van der Waals surface area contributed by atoms with Crippen molar-refractivity contribution in [1.29, 1.82) is 0 Å². The molecule has 0 saturated carbocycles. The van der Waals surface area contributed by atoms with Crippen LogP contribution in [0.15, 0.2) is 12.1 Å². The van der Waals surface area contributed by atoms with Crippen molar-refractivity contribution in [3.05, 3.63) is 34.1 Å². The number of piperazine rings is 1. The quantitative estimate of drug-likeness (QED) is 0.736. The van der Waals surface area contributed by atoms with Crippen LogP contribution in [0, 0.1) is 13.8 Å². The van der Waals surface area contributed by atoms with Gasteiger partial charge in [0.2, 0.25) is 10.1 Å². The summed E-state index contributed by atoms with van der Waals surface area (Å²) < 4.78 is 38.0. The summed E-state index contributed by atoms with van der Waals surface area (Å²) in [6.07, 6.45) is -3.85. The maximum absolute atomic E-state index is 12.7. The number of alkyl halides is 3. The summed E-state index contributed by atoms with van der Waals surface area (Å²) in [4.78, 5) is 9.21. The Kier molecular flexibility index (Phi) is 5.42. The average molecular weight is 401 g/mol. The van der Waals surface area contributed by atoms with Gasteiger partial charge in [-0.15, -0.1) is 10.2 Å². The summed E-state index contributed by atoms with van der Waals surface area (Å²) in [5.41, 5.74) is 3.05. The van der Waals surface area contributed by atoms with Crippen LogP contribution in [0.3, 0.4) is 0 Å². The number of aryl methyl sites for hydroxylation is 2. The highest BCUT2D eigenvalue weighted by molar-refractivity contribution is 7.80. The summed E-state index contributed by atoms with van der Waals surface area (Å²) in [6.45, 7) is 6.39. The van der Waals surface area contributed by atoms with Crippen LogP contribution in [0.1, 0.15) is 22.0 Å². The minimum atomic E-state index is -4.45. The van der Waals surface area contributed by atoms with Crippen molar-refractivity contribution in [1.82, 2.24) is 20.1 Å². The second-order valence-electron chi connectivity index (χ2n) is 6.21. The molecule has 0 radical (unpaired) electrons. The molecule has 3 heterocycles.